The summed E-state index contributed by atoms with van der Waals surface area (Å²) in [5.74, 6) is -0.984. The van der Waals surface area contributed by atoms with Crippen molar-refractivity contribution in [1.82, 2.24) is 10.6 Å². The van der Waals surface area contributed by atoms with Crippen LogP contribution < -0.4 is 10.6 Å². The maximum absolute atomic E-state index is 13.1. The quantitative estimate of drug-likeness (QED) is 0.496. The van der Waals surface area contributed by atoms with Gasteiger partial charge in [0.15, 0.2) is 0 Å². The number of carboxylic acid groups (broad SMARTS) is 1. The van der Waals surface area contributed by atoms with Gasteiger partial charge in [0.2, 0.25) is 5.91 Å². The highest BCUT2D eigenvalue weighted by Crippen LogP contribution is 2.44. The molecule has 0 radical (unpaired) electrons. The number of hydrogen-bond donors (Lipinski definition) is 3. The average Bonchev–Trinajstić information content (AvgIpc) is 3.43. The molecule has 180 valence electrons. The summed E-state index contributed by atoms with van der Waals surface area (Å²) in [5.41, 5.74) is 3.37. The van der Waals surface area contributed by atoms with E-state index < -0.39 is 29.6 Å². The van der Waals surface area contributed by atoms with E-state index in [4.69, 9.17) is 4.74 Å². The van der Waals surface area contributed by atoms with Crippen molar-refractivity contribution in [3.63, 3.8) is 0 Å². The number of ether oxygens (including phenoxy) is 1. The molecule has 2 aromatic rings. The summed E-state index contributed by atoms with van der Waals surface area (Å²) in [6.07, 6.45) is 4.02. The van der Waals surface area contributed by atoms with Gasteiger partial charge in [0.1, 0.15) is 18.2 Å². The van der Waals surface area contributed by atoms with Crippen LogP contribution in [0, 0.1) is 0 Å². The summed E-state index contributed by atoms with van der Waals surface area (Å²) in [6, 6.07) is 15.2. The molecule has 34 heavy (non-hydrogen) atoms. The van der Waals surface area contributed by atoms with Crippen LogP contribution in [-0.4, -0.2) is 53.3 Å². The topological polar surface area (TPSA) is 105 Å². The predicted octanol–water partition coefficient (Wildman–Crippen LogP) is 4.16. The molecule has 8 heteroatoms. The van der Waals surface area contributed by atoms with Gasteiger partial charge in [-0.25, -0.2) is 9.59 Å². The van der Waals surface area contributed by atoms with Gasteiger partial charge in [-0.2, -0.15) is 11.8 Å². The lowest BCUT2D eigenvalue weighted by Gasteiger charge is -2.30. The van der Waals surface area contributed by atoms with Crippen molar-refractivity contribution in [2.45, 2.75) is 49.6 Å². The van der Waals surface area contributed by atoms with Crippen LogP contribution in [0.2, 0.25) is 0 Å². The average molecular weight is 483 g/mol. The minimum Gasteiger partial charge on any atom is -0.480 e. The van der Waals surface area contributed by atoms with Crippen LogP contribution in [0.15, 0.2) is 48.5 Å². The monoisotopic (exact) mass is 482 g/mol. The first-order valence-corrected chi connectivity index (χ1v) is 13.0. The lowest BCUT2D eigenvalue weighted by Crippen LogP contribution is -2.60. The molecule has 0 saturated heterocycles. The molecular formula is C26H30N2O5S. The SMILES string of the molecule is CSCCC(NC(=O)C1(NC(=O)OCC2c3ccccc3-c3ccccc32)CCCC1)C(=O)O. The third kappa shape index (κ3) is 4.92. The standard InChI is InChI=1S/C26H30N2O5S/c1-34-15-12-22(23(29)30)27-24(31)26(13-6-7-14-26)28-25(32)33-16-21-19-10-4-2-8-17(19)18-9-3-5-11-20(18)21/h2-5,8-11,21-22H,6-7,12-16H2,1H3,(H,27,31)(H,28,32)(H,29,30). The van der Waals surface area contributed by atoms with Crippen molar-refractivity contribution in [1.29, 1.82) is 0 Å². The fourth-order valence-corrected chi connectivity index (χ4v) is 5.48. The first-order chi connectivity index (χ1) is 16.4. The zero-order valence-electron chi connectivity index (χ0n) is 19.2. The van der Waals surface area contributed by atoms with Gasteiger partial charge in [0.05, 0.1) is 0 Å². The Morgan fingerprint density at radius 2 is 1.65 bits per heavy atom. The zero-order chi connectivity index (χ0) is 24.1. The molecule has 1 saturated carbocycles. The highest BCUT2D eigenvalue weighted by atomic mass is 32.2. The number of fused-ring (bicyclic) bond motifs is 3. The van der Waals surface area contributed by atoms with Gasteiger partial charge in [-0.15, -0.1) is 0 Å². The van der Waals surface area contributed by atoms with E-state index in [-0.39, 0.29) is 12.5 Å². The molecule has 1 fully saturated rings. The van der Waals surface area contributed by atoms with Crippen molar-refractivity contribution in [3.05, 3.63) is 59.7 Å². The molecule has 0 aromatic heterocycles. The van der Waals surface area contributed by atoms with E-state index >= 15 is 0 Å². The third-order valence-electron chi connectivity index (χ3n) is 6.79. The number of rotatable bonds is 9. The normalized spacial score (nSPS) is 16.9. The number of hydrogen-bond acceptors (Lipinski definition) is 5. The highest BCUT2D eigenvalue weighted by molar-refractivity contribution is 7.98. The largest absolute Gasteiger partial charge is 0.480 e. The van der Waals surface area contributed by atoms with Crippen LogP contribution in [-0.2, 0) is 14.3 Å². The fourth-order valence-electron chi connectivity index (χ4n) is 5.01. The molecule has 2 aliphatic carbocycles. The van der Waals surface area contributed by atoms with E-state index in [0.717, 1.165) is 35.1 Å². The Bertz CT molecular complexity index is 1020. The Hall–Kier alpha value is -3.00. The number of aliphatic carboxylic acids is 1. The lowest BCUT2D eigenvalue weighted by atomic mass is 9.95. The van der Waals surface area contributed by atoms with Gasteiger partial charge >= 0.3 is 12.1 Å². The number of carboxylic acids is 1. The second-order valence-corrected chi connectivity index (χ2v) is 9.87. The minimum atomic E-state index is -1.14. The Kier molecular flexibility index (Phi) is 7.46. The summed E-state index contributed by atoms with van der Waals surface area (Å²) in [4.78, 5) is 37.6. The van der Waals surface area contributed by atoms with Crippen molar-refractivity contribution >= 4 is 29.7 Å². The second kappa shape index (κ2) is 10.5. The highest BCUT2D eigenvalue weighted by Gasteiger charge is 2.44. The molecule has 4 rings (SSSR count). The van der Waals surface area contributed by atoms with E-state index in [0.29, 0.717) is 25.0 Å². The van der Waals surface area contributed by atoms with Gasteiger partial charge in [-0.05, 0) is 53.5 Å². The molecule has 2 aromatic carbocycles. The summed E-state index contributed by atoms with van der Waals surface area (Å²) < 4.78 is 5.64. The molecule has 0 bridgehead atoms. The maximum atomic E-state index is 13.1. The van der Waals surface area contributed by atoms with Gasteiger partial charge < -0.3 is 20.5 Å². The van der Waals surface area contributed by atoms with E-state index in [9.17, 15) is 19.5 Å². The van der Waals surface area contributed by atoms with Crippen molar-refractivity contribution in [2.75, 3.05) is 18.6 Å². The first-order valence-electron chi connectivity index (χ1n) is 11.6. The smallest absolute Gasteiger partial charge is 0.408 e. The van der Waals surface area contributed by atoms with Crippen molar-refractivity contribution in [3.8, 4) is 11.1 Å². The number of amides is 2. The summed E-state index contributed by atoms with van der Waals surface area (Å²) >= 11 is 1.52. The van der Waals surface area contributed by atoms with Crippen LogP contribution in [0.3, 0.4) is 0 Å². The van der Waals surface area contributed by atoms with E-state index in [1.54, 1.807) is 0 Å². The number of alkyl carbamates (subject to hydrolysis) is 1. The fraction of sp³-hybridized carbons (Fsp3) is 0.423. The minimum absolute atomic E-state index is 0.0746. The van der Waals surface area contributed by atoms with Crippen molar-refractivity contribution in [2.24, 2.45) is 0 Å². The molecule has 0 heterocycles. The second-order valence-electron chi connectivity index (χ2n) is 8.89. The molecule has 1 unspecified atom stereocenters. The molecule has 2 aliphatic rings. The Labute approximate surface area is 203 Å². The number of thioether (sulfide) groups is 1. The lowest BCUT2D eigenvalue weighted by molar-refractivity contribution is -0.143. The number of nitrogens with one attached hydrogen (secondary N) is 2. The van der Waals surface area contributed by atoms with Crippen LogP contribution in [0.4, 0.5) is 4.79 Å². The number of carbonyl (C=O) groups excluding carboxylic acids is 2. The van der Waals surface area contributed by atoms with Crippen LogP contribution >= 0.6 is 11.8 Å². The molecular weight excluding hydrogens is 452 g/mol. The van der Waals surface area contributed by atoms with E-state index in [1.807, 2.05) is 42.7 Å². The molecule has 3 N–H and O–H groups in total. The molecule has 1 atom stereocenters. The van der Waals surface area contributed by atoms with E-state index in [2.05, 4.69) is 22.8 Å². The summed E-state index contributed by atoms with van der Waals surface area (Å²) in [7, 11) is 0. The summed E-state index contributed by atoms with van der Waals surface area (Å²) in [5, 5.41) is 14.9. The molecule has 0 aliphatic heterocycles. The molecule has 0 spiro atoms. The predicted molar refractivity (Wildman–Crippen MR) is 132 cm³/mol. The van der Waals surface area contributed by atoms with Crippen LogP contribution in [0.25, 0.3) is 11.1 Å². The van der Waals surface area contributed by atoms with E-state index in [1.165, 1.54) is 11.8 Å². The Balaban J connectivity index is 1.43. The van der Waals surface area contributed by atoms with Crippen LogP contribution in [0.5, 0.6) is 0 Å². The maximum Gasteiger partial charge on any atom is 0.408 e. The Morgan fingerprint density at radius 3 is 2.21 bits per heavy atom. The van der Waals surface area contributed by atoms with Crippen LogP contribution in [0.1, 0.15) is 49.1 Å². The van der Waals surface area contributed by atoms with Crippen molar-refractivity contribution < 1.29 is 24.2 Å². The first kappa shape index (κ1) is 24.1. The molecule has 2 amide bonds. The number of benzene rings is 2. The van der Waals surface area contributed by atoms with Gasteiger partial charge in [-0.1, -0.05) is 61.4 Å². The summed E-state index contributed by atoms with van der Waals surface area (Å²) in [6.45, 7) is 0.156. The zero-order valence-corrected chi connectivity index (χ0v) is 20.0. The Morgan fingerprint density at radius 1 is 1.06 bits per heavy atom. The van der Waals surface area contributed by atoms with Gasteiger partial charge in [0.25, 0.3) is 0 Å². The molecule has 7 nitrogen and oxygen atoms in total. The van der Waals surface area contributed by atoms with Gasteiger partial charge in [-0.3, -0.25) is 4.79 Å². The number of carbonyl (C=O) groups is 3. The van der Waals surface area contributed by atoms with Gasteiger partial charge in [0, 0.05) is 5.92 Å². The third-order valence-corrected chi connectivity index (χ3v) is 7.43.